The molecule has 1 N–H and O–H groups in total. The third-order valence-electron chi connectivity index (χ3n) is 5.53. The predicted molar refractivity (Wildman–Crippen MR) is 119 cm³/mol. The van der Waals surface area contributed by atoms with Crippen LogP contribution in [-0.4, -0.2) is 30.2 Å². The number of carbonyl (C=O) groups excluding carboxylic acids is 1. The van der Waals surface area contributed by atoms with Crippen LogP contribution in [0, 0.1) is 13.8 Å². The van der Waals surface area contributed by atoms with Crippen molar-refractivity contribution in [2.75, 3.05) is 5.43 Å². The normalized spacial score (nSPS) is 11.4. The number of fused-ring (bicyclic) bond motifs is 4. The number of para-hydroxylation sites is 1. The molecule has 8 heteroatoms. The van der Waals surface area contributed by atoms with Crippen molar-refractivity contribution in [1.82, 2.24) is 24.3 Å². The second-order valence-electron chi connectivity index (χ2n) is 7.49. The highest BCUT2D eigenvalue weighted by atomic mass is 16.2. The molecule has 0 saturated heterocycles. The molecule has 3 heterocycles. The van der Waals surface area contributed by atoms with Gasteiger partial charge in [-0.3, -0.25) is 15.0 Å². The SMILES string of the molecule is Cc1nc2c3ccccc3nn2c(C)c1CCC(=O)Nn1cnc2ccccc2c1=O. The molecule has 0 atom stereocenters. The zero-order valence-electron chi connectivity index (χ0n) is 17.2. The molecule has 0 radical (unpaired) electrons. The van der Waals surface area contributed by atoms with Gasteiger partial charge in [0.05, 0.1) is 16.4 Å². The van der Waals surface area contributed by atoms with Crippen LogP contribution in [0.4, 0.5) is 0 Å². The first kappa shape index (κ1) is 18.9. The molecular weight excluding hydrogens is 392 g/mol. The van der Waals surface area contributed by atoms with Crippen molar-refractivity contribution >= 4 is 33.4 Å². The molecule has 5 rings (SSSR count). The summed E-state index contributed by atoms with van der Waals surface area (Å²) >= 11 is 0. The van der Waals surface area contributed by atoms with Crippen molar-refractivity contribution < 1.29 is 4.79 Å². The standard InChI is InChI=1S/C23H20N6O2/c1-14-16(15(2)29-22(25-14)17-7-3-6-10-20(17)26-29)11-12-21(30)27-28-13-24-19-9-5-4-8-18(19)23(28)31/h3-10,13H,11-12H2,1-2H3,(H,27,30). The van der Waals surface area contributed by atoms with Crippen LogP contribution in [0.5, 0.6) is 0 Å². The van der Waals surface area contributed by atoms with Gasteiger partial charge < -0.3 is 0 Å². The molecule has 0 aliphatic heterocycles. The quantitative estimate of drug-likeness (QED) is 0.490. The van der Waals surface area contributed by atoms with E-state index in [1.807, 2.05) is 48.7 Å². The summed E-state index contributed by atoms with van der Waals surface area (Å²) in [7, 11) is 0. The lowest BCUT2D eigenvalue weighted by Crippen LogP contribution is -2.33. The van der Waals surface area contributed by atoms with Gasteiger partial charge in [-0.05, 0) is 50.1 Å². The zero-order valence-corrected chi connectivity index (χ0v) is 17.2. The van der Waals surface area contributed by atoms with Crippen LogP contribution < -0.4 is 11.0 Å². The summed E-state index contributed by atoms with van der Waals surface area (Å²) in [6.45, 7) is 3.93. The summed E-state index contributed by atoms with van der Waals surface area (Å²) in [6, 6.07) is 14.9. The molecular formula is C23H20N6O2. The fourth-order valence-corrected chi connectivity index (χ4v) is 3.92. The van der Waals surface area contributed by atoms with Gasteiger partial charge >= 0.3 is 0 Å². The van der Waals surface area contributed by atoms with Crippen LogP contribution in [0.1, 0.15) is 23.4 Å². The minimum atomic E-state index is -0.308. The van der Waals surface area contributed by atoms with E-state index in [2.05, 4.69) is 15.5 Å². The molecule has 31 heavy (non-hydrogen) atoms. The van der Waals surface area contributed by atoms with E-state index >= 15 is 0 Å². The molecule has 154 valence electrons. The summed E-state index contributed by atoms with van der Waals surface area (Å²) in [5, 5.41) is 6.11. The molecule has 5 aromatic rings. The van der Waals surface area contributed by atoms with Gasteiger partial charge in [-0.15, -0.1) is 0 Å². The maximum atomic E-state index is 12.6. The first-order valence-corrected chi connectivity index (χ1v) is 10.0. The van der Waals surface area contributed by atoms with E-state index in [-0.39, 0.29) is 17.9 Å². The van der Waals surface area contributed by atoms with Crippen molar-refractivity contribution in [3.63, 3.8) is 0 Å². The minimum absolute atomic E-state index is 0.203. The van der Waals surface area contributed by atoms with Crippen molar-refractivity contribution in [2.45, 2.75) is 26.7 Å². The van der Waals surface area contributed by atoms with Crippen molar-refractivity contribution in [3.8, 4) is 0 Å². The summed E-state index contributed by atoms with van der Waals surface area (Å²) in [5.41, 5.74) is 7.41. The van der Waals surface area contributed by atoms with Gasteiger partial charge in [0.25, 0.3) is 5.56 Å². The van der Waals surface area contributed by atoms with E-state index in [0.717, 1.165) is 38.2 Å². The van der Waals surface area contributed by atoms with E-state index in [9.17, 15) is 9.59 Å². The number of hydrogen-bond donors (Lipinski definition) is 1. The first-order chi connectivity index (χ1) is 15.0. The number of hydrogen-bond acceptors (Lipinski definition) is 5. The number of nitrogens with zero attached hydrogens (tertiary/aromatic N) is 5. The Kier molecular flexibility index (Phi) is 4.47. The van der Waals surface area contributed by atoms with Crippen LogP contribution in [0.15, 0.2) is 59.7 Å². The Labute approximate surface area is 177 Å². The average molecular weight is 412 g/mol. The number of aryl methyl sites for hydroxylation is 2. The lowest BCUT2D eigenvalue weighted by molar-refractivity contribution is -0.117. The van der Waals surface area contributed by atoms with Gasteiger partial charge in [0.2, 0.25) is 5.91 Å². The molecule has 0 bridgehead atoms. The van der Waals surface area contributed by atoms with Crippen molar-refractivity contribution in [1.29, 1.82) is 0 Å². The fourth-order valence-electron chi connectivity index (χ4n) is 3.92. The Balaban J connectivity index is 1.39. The third-order valence-corrected chi connectivity index (χ3v) is 5.53. The Hall–Kier alpha value is -4.07. The summed E-state index contributed by atoms with van der Waals surface area (Å²) < 4.78 is 2.97. The molecule has 0 unspecified atom stereocenters. The number of amides is 1. The molecule has 1 amide bonds. The number of rotatable bonds is 4. The molecule has 0 spiro atoms. The fraction of sp³-hybridized carbons (Fsp3) is 0.174. The average Bonchev–Trinajstić information content (AvgIpc) is 3.14. The molecule has 2 aromatic carbocycles. The zero-order chi connectivity index (χ0) is 21.5. The molecule has 3 aromatic heterocycles. The third kappa shape index (κ3) is 3.22. The van der Waals surface area contributed by atoms with Gasteiger partial charge in [-0.2, -0.15) is 5.10 Å². The maximum Gasteiger partial charge on any atom is 0.280 e. The van der Waals surface area contributed by atoms with Crippen LogP contribution in [-0.2, 0) is 11.2 Å². The van der Waals surface area contributed by atoms with E-state index in [4.69, 9.17) is 4.98 Å². The van der Waals surface area contributed by atoms with Gasteiger partial charge in [0, 0.05) is 23.2 Å². The Morgan fingerprint density at radius 1 is 1.00 bits per heavy atom. The van der Waals surface area contributed by atoms with E-state index in [1.54, 1.807) is 18.2 Å². The molecule has 8 nitrogen and oxygen atoms in total. The summed E-state index contributed by atoms with van der Waals surface area (Å²) in [6.07, 6.45) is 2.02. The summed E-state index contributed by atoms with van der Waals surface area (Å²) in [4.78, 5) is 34.1. The highest BCUT2D eigenvalue weighted by molar-refractivity contribution is 5.92. The minimum Gasteiger partial charge on any atom is -0.273 e. The number of nitrogens with one attached hydrogen (secondary N) is 1. The Bertz CT molecular complexity index is 1530. The van der Waals surface area contributed by atoms with Crippen molar-refractivity contribution in [2.24, 2.45) is 0 Å². The Morgan fingerprint density at radius 2 is 1.71 bits per heavy atom. The first-order valence-electron chi connectivity index (χ1n) is 10.0. The van der Waals surface area contributed by atoms with E-state index in [0.29, 0.717) is 17.3 Å². The lowest BCUT2D eigenvalue weighted by atomic mass is 10.1. The molecule has 0 aliphatic rings. The van der Waals surface area contributed by atoms with Gasteiger partial charge in [-0.25, -0.2) is 19.2 Å². The smallest absolute Gasteiger partial charge is 0.273 e. The van der Waals surface area contributed by atoms with Crippen LogP contribution in [0.3, 0.4) is 0 Å². The largest absolute Gasteiger partial charge is 0.280 e. The predicted octanol–water partition coefficient (Wildman–Crippen LogP) is 2.91. The lowest BCUT2D eigenvalue weighted by Gasteiger charge is -2.12. The Morgan fingerprint density at radius 3 is 2.52 bits per heavy atom. The van der Waals surface area contributed by atoms with Gasteiger partial charge in [0.1, 0.15) is 6.33 Å². The van der Waals surface area contributed by atoms with Crippen molar-refractivity contribution in [3.05, 3.63) is 82.2 Å². The number of benzene rings is 2. The van der Waals surface area contributed by atoms with Gasteiger partial charge in [-0.1, -0.05) is 24.3 Å². The van der Waals surface area contributed by atoms with Gasteiger partial charge in [0.15, 0.2) is 5.65 Å². The highest BCUT2D eigenvalue weighted by Crippen LogP contribution is 2.22. The molecule has 0 saturated carbocycles. The molecule has 0 aliphatic carbocycles. The monoisotopic (exact) mass is 412 g/mol. The second kappa shape index (κ2) is 7.32. The summed E-state index contributed by atoms with van der Waals surface area (Å²) in [5.74, 6) is -0.274. The topological polar surface area (TPSA) is 94.2 Å². The van der Waals surface area contributed by atoms with Crippen LogP contribution in [0.2, 0.25) is 0 Å². The second-order valence-corrected chi connectivity index (χ2v) is 7.49. The number of carbonyl (C=O) groups is 1. The van der Waals surface area contributed by atoms with Crippen LogP contribution >= 0.6 is 0 Å². The number of aromatic nitrogens is 5. The van der Waals surface area contributed by atoms with E-state index < -0.39 is 0 Å². The molecule has 0 fully saturated rings. The van der Waals surface area contributed by atoms with E-state index in [1.165, 1.54) is 6.33 Å². The van der Waals surface area contributed by atoms with Crippen LogP contribution in [0.25, 0.3) is 27.5 Å². The highest BCUT2D eigenvalue weighted by Gasteiger charge is 2.15. The maximum absolute atomic E-state index is 12.6.